The first-order valence-corrected chi connectivity index (χ1v) is 6.47. The van der Waals surface area contributed by atoms with Crippen molar-refractivity contribution >= 4 is 6.09 Å². The molecule has 1 fully saturated rings. The van der Waals surface area contributed by atoms with Crippen LogP contribution in [0.5, 0.6) is 0 Å². The lowest BCUT2D eigenvalue weighted by Crippen LogP contribution is -2.47. The van der Waals surface area contributed by atoms with E-state index in [1.54, 1.807) is 11.8 Å². The Morgan fingerprint density at radius 1 is 1.47 bits per heavy atom. The zero-order valence-electron chi connectivity index (χ0n) is 11.4. The van der Waals surface area contributed by atoms with Gasteiger partial charge in [-0.05, 0) is 53.4 Å². The minimum absolute atomic E-state index is 0.124. The standard InChI is InChI=1S/C13H25NO3/c1-10(15)9-11-7-5-6-8-14(11)12(16)17-13(2,3)4/h10-11,15H,5-9H2,1-4H3. The van der Waals surface area contributed by atoms with Gasteiger partial charge in [0.1, 0.15) is 5.60 Å². The Morgan fingerprint density at radius 3 is 2.65 bits per heavy atom. The average Bonchev–Trinajstić information content (AvgIpc) is 2.14. The highest BCUT2D eigenvalue weighted by Crippen LogP contribution is 2.23. The summed E-state index contributed by atoms with van der Waals surface area (Å²) in [5.74, 6) is 0. The van der Waals surface area contributed by atoms with Gasteiger partial charge in [-0.1, -0.05) is 0 Å². The highest BCUT2D eigenvalue weighted by Gasteiger charge is 2.30. The first kappa shape index (κ1) is 14.3. The predicted octanol–water partition coefficient (Wildman–Crippen LogP) is 2.55. The third kappa shape index (κ3) is 4.94. The van der Waals surface area contributed by atoms with Crippen molar-refractivity contribution in [3.63, 3.8) is 0 Å². The van der Waals surface area contributed by atoms with Crippen molar-refractivity contribution in [1.82, 2.24) is 4.90 Å². The minimum atomic E-state index is -0.454. The van der Waals surface area contributed by atoms with Crippen LogP contribution in [-0.2, 0) is 4.74 Å². The molecule has 0 bridgehead atoms. The van der Waals surface area contributed by atoms with Crippen molar-refractivity contribution in [2.45, 2.75) is 71.1 Å². The van der Waals surface area contributed by atoms with Gasteiger partial charge >= 0.3 is 6.09 Å². The van der Waals surface area contributed by atoms with Crippen LogP contribution in [-0.4, -0.2) is 40.4 Å². The Kier molecular flexibility index (Phi) is 4.80. The number of nitrogens with zero attached hydrogens (tertiary/aromatic N) is 1. The van der Waals surface area contributed by atoms with Crippen LogP contribution < -0.4 is 0 Å². The molecule has 0 aromatic carbocycles. The third-order valence-corrected chi connectivity index (χ3v) is 2.87. The lowest BCUT2D eigenvalue weighted by atomic mass is 9.98. The van der Waals surface area contributed by atoms with Crippen LogP contribution in [0.25, 0.3) is 0 Å². The summed E-state index contributed by atoms with van der Waals surface area (Å²) in [5.41, 5.74) is -0.454. The van der Waals surface area contributed by atoms with Crippen molar-refractivity contribution < 1.29 is 14.6 Å². The summed E-state index contributed by atoms with van der Waals surface area (Å²) in [6.45, 7) is 8.13. The predicted molar refractivity (Wildman–Crippen MR) is 66.9 cm³/mol. The van der Waals surface area contributed by atoms with E-state index in [1.165, 1.54) is 0 Å². The van der Waals surface area contributed by atoms with E-state index in [1.807, 2.05) is 20.8 Å². The van der Waals surface area contributed by atoms with E-state index >= 15 is 0 Å². The van der Waals surface area contributed by atoms with Crippen LogP contribution in [0.3, 0.4) is 0 Å². The molecule has 1 amide bonds. The monoisotopic (exact) mass is 243 g/mol. The van der Waals surface area contributed by atoms with Crippen molar-refractivity contribution in [2.75, 3.05) is 6.54 Å². The highest BCUT2D eigenvalue weighted by molar-refractivity contribution is 5.68. The molecule has 4 nitrogen and oxygen atoms in total. The highest BCUT2D eigenvalue weighted by atomic mass is 16.6. The summed E-state index contributed by atoms with van der Waals surface area (Å²) in [6.07, 6.45) is 3.13. The topological polar surface area (TPSA) is 49.8 Å². The Labute approximate surface area is 104 Å². The number of hydrogen-bond acceptors (Lipinski definition) is 3. The van der Waals surface area contributed by atoms with Crippen LogP contribution in [0.4, 0.5) is 4.79 Å². The molecule has 1 saturated heterocycles. The fraction of sp³-hybridized carbons (Fsp3) is 0.923. The van der Waals surface area contributed by atoms with Crippen LogP contribution in [0.15, 0.2) is 0 Å². The molecule has 1 heterocycles. The van der Waals surface area contributed by atoms with Crippen LogP contribution in [0.1, 0.15) is 53.4 Å². The fourth-order valence-corrected chi connectivity index (χ4v) is 2.20. The van der Waals surface area contributed by atoms with E-state index in [0.29, 0.717) is 6.42 Å². The normalized spacial score (nSPS) is 23.4. The van der Waals surface area contributed by atoms with E-state index < -0.39 is 5.60 Å². The molecule has 0 aliphatic carbocycles. The first-order chi connectivity index (χ1) is 7.79. The number of rotatable bonds is 2. The maximum Gasteiger partial charge on any atom is 0.410 e. The van der Waals surface area contributed by atoms with Gasteiger partial charge in [0.25, 0.3) is 0 Å². The number of likely N-dealkylation sites (tertiary alicyclic amines) is 1. The second kappa shape index (κ2) is 5.71. The van der Waals surface area contributed by atoms with E-state index in [9.17, 15) is 9.90 Å². The van der Waals surface area contributed by atoms with E-state index in [-0.39, 0.29) is 18.2 Å². The molecule has 0 saturated carbocycles. The molecule has 1 rings (SSSR count). The summed E-state index contributed by atoms with van der Waals surface area (Å²) >= 11 is 0. The van der Waals surface area contributed by atoms with Gasteiger partial charge in [-0.3, -0.25) is 0 Å². The molecule has 1 aliphatic rings. The van der Waals surface area contributed by atoms with Gasteiger partial charge in [-0.25, -0.2) is 4.79 Å². The van der Waals surface area contributed by atoms with Gasteiger partial charge in [0.2, 0.25) is 0 Å². The lowest BCUT2D eigenvalue weighted by molar-refractivity contribution is 0.00360. The van der Waals surface area contributed by atoms with Gasteiger partial charge in [0, 0.05) is 12.6 Å². The van der Waals surface area contributed by atoms with Crippen molar-refractivity contribution in [2.24, 2.45) is 0 Å². The van der Waals surface area contributed by atoms with Crippen LogP contribution in [0.2, 0.25) is 0 Å². The number of ether oxygens (including phenoxy) is 1. The van der Waals surface area contributed by atoms with Gasteiger partial charge in [-0.2, -0.15) is 0 Å². The average molecular weight is 243 g/mol. The Morgan fingerprint density at radius 2 is 2.12 bits per heavy atom. The summed E-state index contributed by atoms with van der Waals surface area (Å²) in [7, 11) is 0. The molecule has 2 atom stereocenters. The largest absolute Gasteiger partial charge is 0.444 e. The number of hydrogen-bond donors (Lipinski definition) is 1. The van der Waals surface area contributed by atoms with Gasteiger partial charge in [0.05, 0.1) is 6.10 Å². The smallest absolute Gasteiger partial charge is 0.410 e. The van der Waals surface area contributed by atoms with Crippen LogP contribution in [0, 0.1) is 0 Å². The van der Waals surface area contributed by atoms with Crippen molar-refractivity contribution in [3.8, 4) is 0 Å². The molecule has 0 aromatic rings. The minimum Gasteiger partial charge on any atom is -0.444 e. The molecular weight excluding hydrogens is 218 g/mol. The first-order valence-electron chi connectivity index (χ1n) is 6.47. The third-order valence-electron chi connectivity index (χ3n) is 2.87. The Hall–Kier alpha value is -0.770. The van der Waals surface area contributed by atoms with Gasteiger partial charge in [-0.15, -0.1) is 0 Å². The second-order valence-corrected chi connectivity index (χ2v) is 5.91. The van der Waals surface area contributed by atoms with Crippen LogP contribution >= 0.6 is 0 Å². The molecule has 0 radical (unpaired) electrons. The number of amides is 1. The van der Waals surface area contributed by atoms with E-state index in [4.69, 9.17) is 4.74 Å². The molecule has 1 aliphatic heterocycles. The SMILES string of the molecule is CC(O)CC1CCCCN1C(=O)OC(C)(C)C. The zero-order valence-corrected chi connectivity index (χ0v) is 11.4. The number of aliphatic hydroxyl groups is 1. The molecule has 0 spiro atoms. The van der Waals surface area contributed by atoms with E-state index in [0.717, 1.165) is 25.8 Å². The van der Waals surface area contributed by atoms with Gasteiger partial charge < -0.3 is 14.7 Å². The summed E-state index contributed by atoms with van der Waals surface area (Å²) in [5, 5.41) is 9.46. The lowest BCUT2D eigenvalue weighted by Gasteiger charge is -2.37. The second-order valence-electron chi connectivity index (χ2n) is 5.91. The number of carbonyl (C=O) groups is 1. The summed E-state index contributed by atoms with van der Waals surface area (Å²) < 4.78 is 5.39. The number of aliphatic hydroxyl groups excluding tert-OH is 1. The molecule has 17 heavy (non-hydrogen) atoms. The van der Waals surface area contributed by atoms with Crippen molar-refractivity contribution in [3.05, 3.63) is 0 Å². The summed E-state index contributed by atoms with van der Waals surface area (Å²) in [4.78, 5) is 13.8. The quantitative estimate of drug-likeness (QED) is 0.811. The Balaban J connectivity index is 2.61. The summed E-state index contributed by atoms with van der Waals surface area (Å²) in [6, 6.07) is 0.124. The molecule has 100 valence electrons. The molecule has 1 N–H and O–H groups in total. The molecule has 4 heteroatoms. The van der Waals surface area contributed by atoms with Crippen molar-refractivity contribution in [1.29, 1.82) is 0 Å². The van der Waals surface area contributed by atoms with Gasteiger partial charge in [0.15, 0.2) is 0 Å². The van der Waals surface area contributed by atoms with E-state index in [2.05, 4.69) is 0 Å². The molecule has 2 unspecified atom stereocenters. The molecular formula is C13H25NO3. The number of carbonyl (C=O) groups excluding carboxylic acids is 1. The molecule has 0 aromatic heterocycles. The zero-order chi connectivity index (χ0) is 13.1. The maximum absolute atomic E-state index is 12.0. The fourth-order valence-electron chi connectivity index (χ4n) is 2.20. The number of piperidine rings is 1. The maximum atomic E-state index is 12.0. The Bertz CT molecular complexity index is 258.